The zero-order valence-corrected chi connectivity index (χ0v) is 14.2. The molecule has 2 aromatic heterocycles. The van der Waals surface area contributed by atoms with Crippen molar-refractivity contribution in [3.8, 4) is 6.01 Å². The third-order valence-corrected chi connectivity index (χ3v) is 7.59. The maximum atomic E-state index is 12.6. The molecular weight excluding hydrogens is 346 g/mol. The lowest BCUT2D eigenvalue weighted by atomic mass is 9.83. The van der Waals surface area contributed by atoms with Crippen LogP contribution in [0.1, 0.15) is 17.0 Å². The van der Waals surface area contributed by atoms with E-state index in [4.69, 9.17) is 9.15 Å². The summed E-state index contributed by atoms with van der Waals surface area (Å²) in [6, 6.07) is 5.11. The third-order valence-electron chi connectivity index (χ3n) is 4.99. The first-order valence-corrected chi connectivity index (χ1v) is 9.62. The molecule has 0 bridgehead atoms. The van der Waals surface area contributed by atoms with Crippen LogP contribution in [0.2, 0.25) is 0 Å². The van der Waals surface area contributed by atoms with Gasteiger partial charge in [-0.15, -0.1) is 0 Å². The first kappa shape index (κ1) is 16.1. The van der Waals surface area contributed by atoms with Crippen LogP contribution in [-0.4, -0.2) is 59.4 Å². The van der Waals surface area contributed by atoms with E-state index in [1.807, 2.05) is 0 Å². The minimum atomic E-state index is -3.28. The fourth-order valence-corrected chi connectivity index (χ4v) is 5.94. The average Bonchev–Trinajstić information content (AvgIpc) is 3.18. The predicted octanol–water partition coefficient (Wildman–Crippen LogP) is 0.778. The molecule has 0 radical (unpaired) electrons. The van der Waals surface area contributed by atoms with Crippen LogP contribution in [-0.2, 0) is 9.84 Å². The van der Waals surface area contributed by atoms with Crippen molar-refractivity contribution < 1.29 is 22.4 Å². The van der Waals surface area contributed by atoms with E-state index < -0.39 is 14.6 Å². The standard InChI is InChI=1S/C16H17N3O5S/c20-14(13-3-1-7-23-13)19-10-16(11-19)12(4-8-25(16,21)22)9-24-15-17-5-2-6-18-15/h1-3,5-7,12H,4,8-11H2/t12-/m0/s1. The molecule has 1 atom stereocenters. The summed E-state index contributed by atoms with van der Waals surface area (Å²) in [6.07, 6.45) is 5.07. The molecule has 2 aliphatic heterocycles. The van der Waals surface area contributed by atoms with Gasteiger partial charge in [-0.3, -0.25) is 4.79 Å². The molecule has 0 aliphatic carbocycles. The Balaban J connectivity index is 1.47. The summed E-state index contributed by atoms with van der Waals surface area (Å²) in [6.45, 7) is 0.545. The Morgan fingerprint density at radius 3 is 2.76 bits per heavy atom. The lowest BCUT2D eigenvalue weighted by Crippen LogP contribution is -2.68. The van der Waals surface area contributed by atoms with Crippen molar-refractivity contribution in [3.05, 3.63) is 42.6 Å². The number of rotatable bonds is 4. The second kappa shape index (κ2) is 5.83. The minimum absolute atomic E-state index is 0.111. The normalized spacial score (nSPS) is 23.4. The average molecular weight is 363 g/mol. The Labute approximate surface area is 144 Å². The minimum Gasteiger partial charge on any atom is -0.463 e. The highest BCUT2D eigenvalue weighted by Gasteiger charge is 2.63. The molecule has 8 nitrogen and oxygen atoms in total. The van der Waals surface area contributed by atoms with Crippen LogP contribution < -0.4 is 4.74 Å². The van der Waals surface area contributed by atoms with Gasteiger partial charge in [-0.2, -0.15) is 0 Å². The first-order chi connectivity index (χ1) is 12.0. The summed E-state index contributed by atoms with van der Waals surface area (Å²) in [5.41, 5.74) is 0. The van der Waals surface area contributed by atoms with Gasteiger partial charge in [0.25, 0.3) is 5.91 Å². The van der Waals surface area contributed by atoms with Gasteiger partial charge in [0.05, 0.1) is 18.6 Å². The fraction of sp³-hybridized carbons (Fsp3) is 0.438. The first-order valence-electron chi connectivity index (χ1n) is 7.97. The van der Waals surface area contributed by atoms with Crippen molar-refractivity contribution in [1.82, 2.24) is 14.9 Å². The van der Waals surface area contributed by atoms with Crippen molar-refractivity contribution >= 4 is 15.7 Å². The van der Waals surface area contributed by atoms with Crippen molar-refractivity contribution in [2.24, 2.45) is 5.92 Å². The molecule has 1 amide bonds. The molecule has 0 N–H and O–H groups in total. The van der Waals surface area contributed by atoms with Crippen molar-refractivity contribution in [3.63, 3.8) is 0 Å². The quantitative estimate of drug-likeness (QED) is 0.791. The number of carbonyl (C=O) groups excluding carboxylic acids is 1. The maximum absolute atomic E-state index is 12.6. The third kappa shape index (κ3) is 2.58. The van der Waals surface area contributed by atoms with E-state index in [1.165, 1.54) is 11.2 Å². The van der Waals surface area contributed by atoms with Crippen molar-refractivity contribution in [2.45, 2.75) is 11.2 Å². The van der Waals surface area contributed by atoms with Crippen LogP contribution in [0.25, 0.3) is 0 Å². The monoisotopic (exact) mass is 363 g/mol. The fourth-order valence-electron chi connectivity index (χ4n) is 3.54. The van der Waals surface area contributed by atoms with E-state index in [0.717, 1.165) is 0 Å². The highest BCUT2D eigenvalue weighted by molar-refractivity contribution is 7.93. The van der Waals surface area contributed by atoms with E-state index in [2.05, 4.69) is 9.97 Å². The Hall–Kier alpha value is -2.42. The second-order valence-electron chi connectivity index (χ2n) is 6.35. The lowest BCUT2D eigenvalue weighted by Gasteiger charge is -2.49. The molecule has 2 aromatic rings. The van der Waals surface area contributed by atoms with Crippen LogP contribution in [0.5, 0.6) is 6.01 Å². The van der Waals surface area contributed by atoms with Crippen LogP contribution in [0.3, 0.4) is 0 Å². The molecule has 25 heavy (non-hydrogen) atoms. The molecule has 0 unspecified atom stereocenters. The number of sulfone groups is 1. The number of carbonyl (C=O) groups is 1. The number of aromatic nitrogens is 2. The molecule has 0 aromatic carbocycles. The molecule has 2 aliphatic rings. The number of hydrogen-bond donors (Lipinski definition) is 0. The summed E-state index contributed by atoms with van der Waals surface area (Å²) >= 11 is 0. The number of amides is 1. The number of ether oxygens (including phenoxy) is 1. The molecule has 2 saturated heterocycles. The van der Waals surface area contributed by atoms with Crippen LogP contribution in [0.4, 0.5) is 0 Å². The molecular formula is C16H17N3O5S. The van der Waals surface area contributed by atoms with Gasteiger partial charge in [-0.1, -0.05) is 0 Å². The van der Waals surface area contributed by atoms with Gasteiger partial charge >= 0.3 is 6.01 Å². The molecule has 9 heteroatoms. The van der Waals surface area contributed by atoms with Gasteiger partial charge in [0.2, 0.25) is 0 Å². The Morgan fingerprint density at radius 1 is 1.32 bits per heavy atom. The SMILES string of the molecule is O=C(c1ccco1)N1CC2(C1)[C@H](COc1ncccn1)CCS2(=O)=O. The Kier molecular flexibility index (Phi) is 3.75. The van der Waals surface area contributed by atoms with Crippen LogP contribution in [0, 0.1) is 5.92 Å². The van der Waals surface area contributed by atoms with Crippen LogP contribution >= 0.6 is 0 Å². The summed E-state index contributed by atoms with van der Waals surface area (Å²) in [5.74, 6) is -0.152. The maximum Gasteiger partial charge on any atom is 0.316 e. The lowest BCUT2D eigenvalue weighted by molar-refractivity contribution is 0.0375. The Morgan fingerprint density at radius 2 is 2.08 bits per heavy atom. The summed E-state index contributed by atoms with van der Waals surface area (Å²) in [4.78, 5) is 21.8. The summed E-state index contributed by atoms with van der Waals surface area (Å²) < 4.78 is 34.9. The zero-order chi connectivity index (χ0) is 17.5. The number of likely N-dealkylation sites (tertiary alicyclic amines) is 1. The van der Waals surface area contributed by atoms with Crippen molar-refractivity contribution in [1.29, 1.82) is 0 Å². The molecule has 2 fully saturated rings. The van der Waals surface area contributed by atoms with E-state index in [0.29, 0.717) is 6.42 Å². The largest absolute Gasteiger partial charge is 0.463 e. The van der Waals surface area contributed by atoms with Crippen molar-refractivity contribution in [2.75, 3.05) is 25.4 Å². The van der Waals surface area contributed by atoms with Gasteiger partial charge in [0.15, 0.2) is 15.6 Å². The van der Waals surface area contributed by atoms with E-state index in [1.54, 1.807) is 30.6 Å². The van der Waals surface area contributed by atoms with Gasteiger partial charge in [-0.05, 0) is 24.6 Å². The number of furan rings is 1. The molecule has 4 rings (SSSR count). The molecule has 4 heterocycles. The molecule has 132 valence electrons. The highest BCUT2D eigenvalue weighted by Crippen LogP contribution is 2.45. The second-order valence-corrected chi connectivity index (χ2v) is 8.80. The zero-order valence-electron chi connectivity index (χ0n) is 13.4. The van der Waals surface area contributed by atoms with Gasteiger partial charge in [-0.25, -0.2) is 18.4 Å². The summed E-state index contributed by atoms with van der Waals surface area (Å²) in [5, 5.41) is 0. The highest BCUT2D eigenvalue weighted by atomic mass is 32.2. The van der Waals surface area contributed by atoms with E-state index in [-0.39, 0.29) is 49.0 Å². The smallest absolute Gasteiger partial charge is 0.316 e. The van der Waals surface area contributed by atoms with E-state index in [9.17, 15) is 13.2 Å². The van der Waals surface area contributed by atoms with Gasteiger partial charge in [0, 0.05) is 31.4 Å². The van der Waals surface area contributed by atoms with Gasteiger partial charge < -0.3 is 14.1 Å². The molecule has 0 saturated carbocycles. The Bertz CT molecular complexity index is 860. The van der Waals surface area contributed by atoms with Crippen LogP contribution in [0.15, 0.2) is 41.3 Å². The topological polar surface area (TPSA) is 103 Å². The van der Waals surface area contributed by atoms with E-state index >= 15 is 0 Å². The number of hydrogen-bond acceptors (Lipinski definition) is 7. The summed E-state index contributed by atoms with van der Waals surface area (Å²) in [7, 11) is -3.28. The molecule has 1 spiro atoms. The predicted molar refractivity (Wildman–Crippen MR) is 86.8 cm³/mol. The van der Waals surface area contributed by atoms with Gasteiger partial charge in [0.1, 0.15) is 4.75 Å². The number of nitrogens with zero attached hydrogens (tertiary/aromatic N) is 3.